The summed E-state index contributed by atoms with van der Waals surface area (Å²) in [6.07, 6.45) is 0.220. The van der Waals surface area contributed by atoms with E-state index in [1.807, 2.05) is 30.3 Å². The van der Waals surface area contributed by atoms with Crippen LogP contribution in [0.25, 0.3) is 0 Å². The SMILES string of the molecule is CNC(=O)C1CC(Oc2ccccc2)CN1C(=O)c1ccc(OC)cc1. The van der Waals surface area contributed by atoms with Gasteiger partial charge in [0.25, 0.3) is 5.91 Å². The van der Waals surface area contributed by atoms with Gasteiger partial charge in [-0.15, -0.1) is 0 Å². The highest BCUT2D eigenvalue weighted by Gasteiger charge is 2.40. The smallest absolute Gasteiger partial charge is 0.254 e. The molecule has 1 aliphatic rings. The van der Waals surface area contributed by atoms with E-state index in [0.29, 0.717) is 24.3 Å². The highest BCUT2D eigenvalue weighted by atomic mass is 16.5. The molecule has 0 aromatic heterocycles. The summed E-state index contributed by atoms with van der Waals surface area (Å²) in [5.41, 5.74) is 0.514. The molecule has 0 aliphatic carbocycles. The molecule has 1 saturated heterocycles. The number of carbonyl (C=O) groups excluding carboxylic acids is 2. The molecule has 1 N–H and O–H groups in total. The van der Waals surface area contributed by atoms with Gasteiger partial charge in [0, 0.05) is 19.0 Å². The van der Waals surface area contributed by atoms with Crippen molar-refractivity contribution in [1.82, 2.24) is 10.2 Å². The fourth-order valence-electron chi connectivity index (χ4n) is 3.11. The van der Waals surface area contributed by atoms with Gasteiger partial charge < -0.3 is 19.7 Å². The van der Waals surface area contributed by atoms with Crippen molar-refractivity contribution in [3.8, 4) is 11.5 Å². The molecular weight excluding hydrogens is 332 g/mol. The summed E-state index contributed by atoms with van der Waals surface area (Å²) in [5, 5.41) is 2.64. The minimum atomic E-state index is -0.552. The van der Waals surface area contributed by atoms with Crippen LogP contribution in [0.4, 0.5) is 0 Å². The molecule has 6 nitrogen and oxygen atoms in total. The van der Waals surface area contributed by atoms with E-state index in [2.05, 4.69) is 5.32 Å². The number of hydrogen-bond donors (Lipinski definition) is 1. The van der Waals surface area contributed by atoms with Crippen LogP contribution in [-0.2, 0) is 4.79 Å². The van der Waals surface area contributed by atoms with Gasteiger partial charge in [-0.25, -0.2) is 0 Å². The van der Waals surface area contributed by atoms with Crippen LogP contribution in [0, 0.1) is 0 Å². The van der Waals surface area contributed by atoms with E-state index in [1.54, 1.807) is 43.3 Å². The van der Waals surface area contributed by atoms with E-state index < -0.39 is 6.04 Å². The summed E-state index contributed by atoms with van der Waals surface area (Å²) in [6.45, 7) is 0.359. The normalized spacial score (nSPS) is 19.1. The van der Waals surface area contributed by atoms with Crippen molar-refractivity contribution in [1.29, 1.82) is 0 Å². The second-order valence-electron chi connectivity index (χ2n) is 6.10. The largest absolute Gasteiger partial charge is 0.497 e. The highest BCUT2D eigenvalue weighted by Crippen LogP contribution is 2.25. The number of para-hydroxylation sites is 1. The predicted molar refractivity (Wildman–Crippen MR) is 97.4 cm³/mol. The van der Waals surface area contributed by atoms with Gasteiger partial charge in [-0.3, -0.25) is 9.59 Å². The lowest BCUT2D eigenvalue weighted by molar-refractivity contribution is -0.124. The molecule has 2 aromatic carbocycles. The number of carbonyl (C=O) groups is 2. The Labute approximate surface area is 152 Å². The number of methoxy groups -OCH3 is 1. The lowest BCUT2D eigenvalue weighted by atomic mass is 10.1. The summed E-state index contributed by atoms with van der Waals surface area (Å²) in [7, 11) is 3.15. The fourth-order valence-corrected chi connectivity index (χ4v) is 3.11. The number of likely N-dealkylation sites (N-methyl/N-ethyl adjacent to an activating group) is 1. The van der Waals surface area contributed by atoms with E-state index in [4.69, 9.17) is 9.47 Å². The maximum Gasteiger partial charge on any atom is 0.254 e. The van der Waals surface area contributed by atoms with Gasteiger partial charge in [-0.05, 0) is 36.4 Å². The standard InChI is InChI=1S/C20H22N2O4/c1-21-19(23)18-12-17(26-16-6-4-3-5-7-16)13-22(18)20(24)14-8-10-15(25-2)11-9-14/h3-11,17-18H,12-13H2,1-2H3,(H,21,23). The molecular formula is C20H22N2O4. The van der Waals surface area contributed by atoms with Gasteiger partial charge in [-0.2, -0.15) is 0 Å². The van der Waals surface area contributed by atoms with Crippen molar-refractivity contribution in [3.63, 3.8) is 0 Å². The number of nitrogens with zero attached hydrogens (tertiary/aromatic N) is 1. The minimum Gasteiger partial charge on any atom is -0.497 e. The topological polar surface area (TPSA) is 67.9 Å². The monoisotopic (exact) mass is 354 g/mol. The molecule has 0 radical (unpaired) electrons. The van der Waals surface area contributed by atoms with Gasteiger partial charge in [0.2, 0.25) is 5.91 Å². The predicted octanol–water partition coefficient (Wildman–Crippen LogP) is 2.10. The van der Waals surface area contributed by atoms with Crippen LogP contribution in [0.1, 0.15) is 16.8 Å². The van der Waals surface area contributed by atoms with E-state index in [0.717, 1.165) is 5.75 Å². The van der Waals surface area contributed by atoms with Crippen LogP contribution in [0.3, 0.4) is 0 Å². The zero-order valence-electron chi connectivity index (χ0n) is 14.8. The third-order valence-corrected chi connectivity index (χ3v) is 4.46. The van der Waals surface area contributed by atoms with E-state index in [9.17, 15) is 9.59 Å². The maximum atomic E-state index is 12.9. The van der Waals surface area contributed by atoms with Crippen LogP contribution in [0.15, 0.2) is 54.6 Å². The molecule has 136 valence electrons. The Morgan fingerprint density at radius 1 is 1.04 bits per heavy atom. The first-order valence-electron chi connectivity index (χ1n) is 8.50. The van der Waals surface area contributed by atoms with Gasteiger partial charge in [-0.1, -0.05) is 18.2 Å². The second-order valence-corrected chi connectivity index (χ2v) is 6.10. The third-order valence-electron chi connectivity index (χ3n) is 4.46. The Kier molecular flexibility index (Phi) is 5.41. The van der Waals surface area contributed by atoms with E-state index in [-0.39, 0.29) is 17.9 Å². The summed E-state index contributed by atoms with van der Waals surface area (Å²) >= 11 is 0. The Hall–Kier alpha value is -3.02. The molecule has 3 rings (SSSR count). The van der Waals surface area contributed by atoms with Crippen molar-refractivity contribution in [3.05, 3.63) is 60.2 Å². The molecule has 2 unspecified atom stereocenters. The summed E-state index contributed by atoms with van der Waals surface area (Å²) < 4.78 is 11.1. The maximum absolute atomic E-state index is 12.9. The lowest BCUT2D eigenvalue weighted by Gasteiger charge is -2.23. The molecule has 2 atom stereocenters. The lowest BCUT2D eigenvalue weighted by Crippen LogP contribution is -2.44. The van der Waals surface area contributed by atoms with Gasteiger partial charge in [0.05, 0.1) is 13.7 Å². The van der Waals surface area contributed by atoms with Crippen LogP contribution in [0.2, 0.25) is 0 Å². The number of hydrogen-bond acceptors (Lipinski definition) is 4. The molecule has 0 saturated carbocycles. The second kappa shape index (κ2) is 7.91. The molecule has 6 heteroatoms. The number of rotatable bonds is 5. The highest BCUT2D eigenvalue weighted by molar-refractivity contribution is 5.98. The van der Waals surface area contributed by atoms with Crippen molar-refractivity contribution >= 4 is 11.8 Å². The Morgan fingerprint density at radius 3 is 2.35 bits per heavy atom. The van der Waals surface area contributed by atoms with Gasteiger partial charge in [0.15, 0.2) is 0 Å². The first kappa shape index (κ1) is 17.8. The van der Waals surface area contributed by atoms with Crippen molar-refractivity contribution in [2.45, 2.75) is 18.6 Å². The Bertz CT molecular complexity index is 761. The van der Waals surface area contributed by atoms with Crippen LogP contribution >= 0.6 is 0 Å². The van der Waals surface area contributed by atoms with Crippen LogP contribution in [-0.4, -0.2) is 49.6 Å². The van der Waals surface area contributed by atoms with Crippen molar-refractivity contribution < 1.29 is 19.1 Å². The zero-order valence-corrected chi connectivity index (χ0v) is 14.8. The Balaban J connectivity index is 1.78. The zero-order chi connectivity index (χ0) is 18.5. The van der Waals surface area contributed by atoms with Crippen molar-refractivity contribution in [2.24, 2.45) is 0 Å². The first-order valence-corrected chi connectivity index (χ1v) is 8.50. The average Bonchev–Trinajstić information content (AvgIpc) is 3.11. The van der Waals surface area contributed by atoms with Crippen LogP contribution in [0.5, 0.6) is 11.5 Å². The molecule has 2 amide bonds. The molecule has 0 bridgehead atoms. The quantitative estimate of drug-likeness (QED) is 0.893. The minimum absolute atomic E-state index is 0.189. The molecule has 26 heavy (non-hydrogen) atoms. The number of benzene rings is 2. The molecule has 2 aromatic rings. The summed E-state index contributed by atoms with van der Waals surface area (Å²) in [4.78, 5) is 26.8. The number of amides is 2. The average molecular weight is 354 g/mol. The molecule has 1 fully saturated rings. The van der Waals surface area contributed by atoms with Crippen LogP contribution < -0.4 is 14.8 Å². The van der Waals surface area contributed by atoms with Gasteiger partial charge >= 0.3 is 0 Å². The van der Waals surface area contributed by atoms with E-state index in [1.165, 1.54) is 0 Å². The number of likely N-dealkylation sites (tertiary alicyclic amines) is 1. The molecule has 0 spiro atoms. The summed E-state index contributed by atoms with van der Waals surface area (Å²) in [5.74, 6) is 1.02. The first-order chi connectivity index (χ1) is 12.6. The van der Waals surface area contributed by atoms with Gasteiger partial charge in [0.1, 0.15) is 23.6 Å². The summed E-state index contributed by atoms with van der Waals surface area (Å²) in [6, 6.07) is 15.7. The number of nitrogens with one attached hydrogen (secondary N) is 1. The molecule has 1 heterocycles. The van der Waals surface area contributed by atoms with Crippen molar-refractivity contribution in [2.75, 3.05) is 20.7 Å². The van der Waals surface area contributed by atoms with E-state index >= 15 is 0 Å². The number of ether oxygens (including phenoxy) is 2. The Morgan fingerprint density at radius 2 is 1.73 bits per heavy atom. The molecule has 1 aliphatic heterocycles. The fraction of sp³-hybridized carbons (Fsp3) is 0.300. The third kappa shape index (κ3) is 3.79.